The van der Waals surface area contributed by atoms with E-state index in [0.717, 1.165) is 77.7 Å². The van der Waals surface area contributed by atoms with Crippen LogP contribution in [-0.4, -0.2) is 48.6 Å². The van der Waals surface area contributed by atoms with E-state index in [1.165, 1.54) is 5.57 Å². The number of pyridine rings is 2. The first-order chi connectivity index (χ1) is 17.0. The summed E-state index contributed by atoms with van der Waals surface area (Å²) < 4.78 is 0. The lowest BCUT2D eigenvalue weighted by atomic mass is 9.77. The van der Waals surface area contributed by atoms with Crippen molar-refractivity contribution in [2.45, 2.75) is 25.7 Å². The molecular weight excluding hydrogens is 436 g/mol. The third kappa shape index (κ3) is 4.06. The molecule has 2 aliphatic heterocycles. The van der Waals surface area contributed by atoms with Crippen LogP contribution in [0.4, 0.5) is 17.2 Å². The molecule has 3 aliphatic rings. The molecule has 7 nitrogen and oxygen atoms in total. The third-order valence-corrected chi connectivity index (χ3v) is 7.23. The maximum atomic E-state index is 12.4. The molecular formula is C28H34N6O. The Balaban J connectivity index is 0.00000160. The molecule has 1 aliphatic carbocycles. The first-order valence-corrected chi connectivity index (χ1v) is 12.3. The maximum absolute atomic E-state index is 12.4. The molecule has 35 heavy (non-hydrogen) atoms. The zero-order chi connectivity index (χ0) is 24.0. The molecule has 0 atom stereocenters. The van der Waals surface area contributed by atoms with Crippen LogP contribution in [0.2, 0.25) is 0 Å². The molecule has 7 heteroatoms. The molecule has 0 radical (unpaired) electrons. The number of nitrogens with one attached hydrogen (secondary N) is 3. The van der Waals surface area contributed by atoms with Crippen LogP contribution in [0.5, 0.6) is 0 Å². The number of allylic oxidation sites excluding steroid dienone is 1. The van der Waals surface area contributed by atoms with Crippen molar-refractivity contribution < 1.29 is 7.65 Å². The summed E-state index contributed by atoms with van der Waals surface area (Å²) in [6.45, 7) is 8.89. The van der Waals surface area contributed by atoms with E-state index in [9.17, 15) is 4.79 Å². The number of hydrogen-bond donors (Lipinski definition) is 3. The number of fused-ring (bicyclic) bond motifs is 2. The van der Waals surface area contributed by atoms with Crippen molar-refractivity contribution in [1.82, 2.24) is 20.6 Å². The van der Waals surface area contributed by atoms with Gasteiger partial charge >= 0.3 is 0 Å². The lowest BCUT2D eigenvalue weighted by Crippen LogP contribution is -2.43. The van der Waals surface area contributed by atoms with E-state index >= 15 is 0 Å². The van der Waals surface area contributed by atoms with E-state index in [1.807, 2.05) is 24.5 Å². The second-order valence-electron chi connectivity index (χ2n) is 10.1. The SMILES string of the molecule is CC1(C)CNC(=O)c2ccc(C3=CCc4ncc(Nc5ccnc(N6CCNCC6)c5)cc43)cc21.[HH].[HH]. The van der Waals surface area contributed by atoms with Gasteiger partial charge in [-0.15, -0.1) is 0 Å². The maximum Gasteiger partial charge on any atom is 0.251 e. The Labute approximate surface area is 208 Å². The molecule has 1 aromatic carbocycles. The summed E-state index contributed by atoms with van der Waals surface area (Å²) >= 11 is 0. The zero-order valence-electron chi connectivity index (χ0n) is 20.2. The van der Waals surface area contributed by atoms with E-state index in [-0.39, 0.29) is 14.2 Å². The van der Waals surface area contributed by atoms with Gasteiger partial charge in [-0.05, 0) is 41.0 Å². The van der Waals surface area contributed by atoms with Crippen molar-refractivity contribution in [1.29, 1.82) is 0 Å². The van der Waals surface area contributed by atoms with Crippen molar-refractivity contribution in [2.24, 2.45) is 0 Å². The van der Waals surface area contributed by atoms with Crippen molar-refractivity contribution >= 4 is 28.7 Å². The second kappa shape index (κ2) is 8.50. The van der Waals surface area contributed by atoms with E-state index in [1.54, 1.807) is 0 Å². The molecule has 6 rings (SSSR count). The zero-order valence-corrected chi connectivity index (χ0v) is 20.2. The van der Waals surface area contributed by atoms with Crippen molar-refractivity contribution in [3.63, 3.8) is 0 Å². The highest BCUT2D eigenvalue weighted by atomic mass is 16.1. The number of anilines is 3. The third-order valence-electron chi connectivity index (χ3n) is 7.23. The van der Waals surface area contributed by atoms with Gasteiger partial charge in [-0.1, -0.05) is 26.0 Å². The van der Waals surface area contributed by atoms with Gasteiger partial charge in [-0.2, -0.15) is 0 Å². The molecule has 3 N–H and O–H groups in total. The smallest absolute Gasteiger partial charge is 0.251 e. The summed E-state index contributed by atoms with van der Waals surface area (Å²) in [6.07, 6.45) is 6.82. The summed E-state index contributed by atoms with van der Waals surface area (Å²) in [5, 5.41) is 9.92. The molecule has 1 fully saturated rings. The van der Waals surface area contributed by atoms with E-state index in [0.29, 0.717) is 6.54 Å². The van der Waals surface area contributed by atoms with E-state index in [4.69, 9.17) is 4.98 Å². The topological polar surface area (TPSA) is 82.2 Å². The summed E-state index contributed by atoms with van der Waals surface area (Å²) in [7, 11) is 0. The molecule has 2 aromatic heterocycles. The Morgan fingerprint density at radius 2 is 1.89 bits per heavy atom. The summed E-state index contributed by atoms with van der Waals surface area (Å²) in [5.74, 6) is 1.00. The number of amides is 1. The van der Waals surface area contributed by atoms with Crippen LogP contribution in [0, 0.1) is 0 Å². The van der Waals surface area contributed by atoms with Gasteiger partial charge < -0.3 is 20.9 Å². The average molecular weight is 471 g/mol. The number of aromatic nitrogens is 2. The lowest BCUT2D eigenvalue weighted by Gasteiger charge is -2.33. The number of rotatable bonds is 4. The van der Waals surface area contributed by atoms with Gasteiger partial charge in [0, 0.05) is 76.5 Å². The number of benzene rings is 1. The predicted octanol–water partition coefficient (Wildman–Crippen LogP) is 4.13. The number of piperazine rings is 1. The Hall–Kier alpha value is -3.71. The molecule has 1 amide bonds. The standard InChI is InChI=1S/C28H30N6O.2H2/c1-28(2)17-32-27(35)22-4-3-18(13-24(22)28)21-5-6-25-23(21)14-20(16-31-25)33-19-7-8-30-26(15-19)34-11-9-29-10-12-34;;/h3-5,7-8,13-16,29H,6,9-12,17H2,1-2H3,(H,30,33)(H,32,35);2*1H. The molecule has 3 aromatic rings. The molecule has 182 valence electrons. The van der Waals surface area contributed by atoms with Crippen LogP contribution in [0.3, 0.4) is 0 Å². The van der Waals surface area contributed by atoms with Crippen molar-refractivity contribution in [2.75, 3.05) is 42.9 Å². The molecule has 4 heterocycles. The minimum absolute atomic E-state index is 0. The van der Waals surface area contributed by atoms with Gasteiger partial charge in [0.25, 0.3) is 5.91 Å². The summed E-state index contributed by atoms with van der Waals surface area (Å²) in [5.41, 5.74) is 8.26. The van der Waals surface area contributed by atoms with Gasteiger partial charge in [-0.25, -0.2) is 4.98 Å². The number of carbonyl (C=O) groups excluding carboxylic acids is 1. The largest absolute Gasteiger partial charge is 0.354 e. The van der Waals surface area contributed by atoms with E-state index in [2.05, 4.69) is 70.0 Å². The first-order valence-electron chi connectivity index (χ1n) is 12.3. The quantitative estimate of drug-likeness (QED) is 0.532. The average Bonchev–Trinajstić information content (AvgIpc) is 3.30. The summed E-state index contributed by atoms with van der Waals surface area (Å²) in [4.78, 5) is 24.0. The molecule has 0 bridgehead atoms. The van der Waals surface area contributed by atoms with E-state index < -0.39 is 0 Å². The Morgan fingerprint density at radius 1 is 1.03 bits per heavy atom. The molecule has 0 unspecified atom stereocenters. The summed E-state index contributed by atoms with van der Waals surface area (Å²) in [6, 6.07) is 12.5. The second-order valence-corrected chi connectivity index (χ2v) is 10.1. The number of carbonyl (C=O) groups is 1. The fourth-order valence-electron chi connectivity index (χ4n) is 5.23. The number of nitrogens with zero attached hydrogens (tertiary/aromatic N) is 3. The first kappa shape index (κ1) is 21.8. The van der Waals surface area contributed by atoms with Gasteiger partial charge in [0.05, 0.1) is 17.6 Å². The number of hydrogen-bond acceptors (Lipinski definition) is 6. The lowest BCUT2D eigenvalue weighted by molar-refractivity contribution is 0.0930. The molecule has 0 saturated carbocycles. The molecule has 1 saturated heterocycles. The Morgan fingerprint density at radius 3 is 2.74 bits per heavy atom. The van der Waals surface area contributed by atoms with Crippen molar-refractivity contribution in [3.05, 3.63) is 82.8 Å². The highest BCUT2D eigenvalue weighted by Gasteiger charge is 2.32. The Kier molecular flexibility index (Phi) is 5.29. The highest BCUT2D eigenvalue weighted by molar-refractivity contribution is 5.98. The van der Waals surface area contributed by atoms with Gasteiger partial charge in [0.15, 0.2) is 0 Å². The fraction of sp³-hybridized carbons (Fsp3) is 0.321. The Bertz CT molecular complexity index is 1350. The normalized spacial score (nSPS) is 18.4. The van der Waals surface area contributed by atoms with Crippen LogP contribution in [0.25, 0.3) is 5.57 Å². The minimum Gasteiger partial charge on any atom is -0.354 e. The van der Waals surface area contributed by atoms with Gasteiger partial charge in [-0.3, -0.25) is 9.78 Å². The van der Waals surface area contributed by atoms with Crippen LogP contribution >= 0.6 is 0 Å². The van der Waals surface area contributed by atoms with Gasteiger partial charge in [0.2, 0.25) is 0 Å². The molecule has 0 spiro atoms. The van der Waals surface area contributed by atoms with Crippen LogP contribution in [0.1, 0.15) is 49.4 Å². The van der Waals surface area contributed by atoms with Crippen molar-refractivity contribution in [3.8, 4) is 0 Å². The predicted molar refractivity (Wildman–Crippen MR) is 144 cm³/mol. The fourth-order valence-corrected chi connectivity index (χ4v) is 5.23. The highest BCUT2D eigenvalue weighted by Crippen LogP contribution is 2.37. The minimum atomic E-state index is -0.105. The van der Waals surface area contributed by atoms with Crippen LogP contribution < -0.4 is 20.9 Å². The van der Waals surface area contributed by atoms with Crippen LogP contribution in [-0.2, 0) is 11.8 Å². The van der Waals surface area contributed by atoms with Crippen LogP contribution in [0.15, 0.2) is 54.9 Å². The van der Waals surface area contributed by atoms with Gasteiger partial charge in [0.1, 0.15) is 5.82 Å². The monoisotopic (exact) mass is 470 g/mol.